The van der Waals surface area contributed by atoms with E-state index in [4.69, 9.17) is 0 Å². The average Bonchev–Trinajstić information content (AvgIpc) is 2.42. The van der Waals surface area contributed by atoms with Gasteiger partial charge >= 0.3 is 0 Å². The zero-order valence-electron chi connectivity index (χ0n) is 14.3. The van der Waals surface area contributed by atoms with Crippen molar-refractivity contribution in [1.29, 1.82) is 0 Å². The molecule has 2 aromatic carbocycles. The molecule has 0 fully saturated rings. The van der Waals surface area contributed by atoms with Crippen molar-refractivity contribution in [3.05, 3.63) is 70.3 Å². The third-order valence-corrected chi connectivity index (χ3v) is 5.30. The smallest absolute Gasteiger partial charge is 0.0494 e. The van der Waals surface area contributed by atoms with Gasteiger partial charge in [-0.3, -0.25) is 4.21 Å². The molecule has 0 aliphatic carbocycles. The van der Waals surface area contributed by atoms with Crippen LogP contribution in [-0.2, 0) is 27.7 Å². The van der Waals surface area contributed by atoms with Crippen LogP contribution in [0, 0.1) is 13.8 Å². The topological polar surface area (TPSA) is 17.1 Å². The first kappa shape index (κ1) is 17.0. The molecule has 118 valence electrons. The first-order valence-corrected chi connectivity index (χ1v) is 9.25. The van der Waals surface area contributed by atoms with Gasteiger partial charge in [-0.25, -0.2) is 0 Å². The van der Waals surface area contributed by atoms with E-state index in [0.29, 0.717) is 11.5 Å². The van der Waals surface area contributed by atoms with Gasteiger partial charge in [-0.2, -0.15) is 0 Å². The van der Waals surface area contributed by atoms with Gasteiger partial charge in [0.25, 0.3) is 0 Å². The molecule has 0 spiro atoms. The molecule has 0 aliphatic rings. The van der Waals surface area contributed by atoms with Crippen LogP contribution in [0.1, 0.15) is 48.6 Å². The Morgan fingerprint density at radius 1 is 0.909 bits per heavy atom. The van der Waals surface area contributed by atoms with Crippen LogP contribution in [0.15, 0.2) is 42.5 Å². The molecular weight excluding hydrogens is 288 g/mol. The quantitative estimate of drug-likeness (QED) is 0.772. The minimum Gasteiger partial charge on any atom is -0.259 e. The van der Waals surface area contributed by atoms with E-state index >= 15 is 0 Å². The molecule has 0 N–H and O–H groups in total. The summed E-state index contributed by atoms with van der Waals surface area (Å²) in [4.78, 5) is 0. The molecular formula is C20H26OS. The Hall–Kier alpha value is -1.41. The first-order valence-electron chi connectivity index (χ1n) is 7.77. The molecule has 22 heavy (non-hydrogen) atoms. The van der Waals surface area contributed by atoms with Crippen molar-refractivity contribution in [2.75, 3.05) is 0 Å². The fourth-order valence-corrected chi connectivity index (χ4v) is 4.07. The van der Waals surface area contributed by atoms with Gasteiger partial charge in [-0.05, 0) is 47.1 Å². The zero-order chi connectivity index (χ0) is 16.3. The third-order valence-electron chi connectivity index (χ3n) is 4.04. The standard InChI is InChI=1S/C20H26OS/c1-15-11-18(20(3,4)5)12-16(2)19(15)14-22(21)13-17-9-7-6-8-10-17/h6-12H,13-14H2,1-5H3/t22-/m1/s1. The Morgan fingerprint density at radius 3 is 1.95 bits per heavy atom. The largest absolute Gasteiger partial charge is 0.259 e. The molecule has 0 aromatic heterocycles. The maximum Gasteiger partial charge on any atom is 0.0494 e. The van der Waals surface area contributed by atoms with Gasteiger partial charge in [0.2, 0.25) is 0 Å². The van der Waals surface area contributed by atoms with Gasteiger partial charge in [-0.15, -0.1) is 0 Å². The predicted octanol–water partition coefficient (Wildman–Crippen LogP) is 5.05. The van der Waals surface area contributed by atoms with E-state index < -0.39 is 10.8 Å². The summed E-state index contributed by atoms with van der Waals surface area (Å²) in [6.45, 7) is 11.0. The van der Waals surface area contributed by atoms with Crippen LogP contribution in [0.25, 0.3) is 0 Å². The maximum absolute atomic E-state index is 12.5. The van der Waals surface area contributed by atoms with Crippen molar-refractivity contribution in [3.8, 4) is 0 Å². The lowest BCUT2D eigenvalue weighted by atomic mass is 9.84. The molecule has 2 heteroatoms. The third kappa shape index (κ3) is 4.30. The van der Waals surface area contributed by atoms with Crippen LogP contribution in [0.4, 0.5) is 0 Å². The van der Waals surface area contributed by atoms with E-state index in [2.05, 4.69) is 46.8 Å². The summed E-state index contributed by atoms with van der Waals surface area (Å²) in [6.07, 6.45) is 0. The molecule has 0 unspecified atom stereocenters. The van der Waals surface area contributed by atoms with Crippen molar-refractivity contribution >= 4 is 10.8 Å². The van der Waals surface area contributed by atoms with Gasteiger partial charge in [0.1, 0.15) is 0 Å². The van der Waals surface area contributed by atoms with Crippen LogP contribution >= 0.6 is 0 Å². The Balaban J connectivity index is 2.18. The van der Waals surface area contributed by atoms with Crippen LogP contribution < -0.4 is 0 Å². The van der Waals surface area contributed by atoms with Crippen molar-refractivity contribution in [3.63, 3.8) is 0 Å². The van der Waals surface area contributed by atoms with Gasteiger partial charge < -0.3 is 0 Å². The molecule has 0 heterocycles. The molecule has 1 atom stereocenters. The van der Waals surface area contributed by atoms with E-state index in [1.54, 1.807) is 0 Å². The van der Waals surface area contributed by atoms with Crippen LogP contribution in [0.3, 0.4) is 0 Å². The molecule has 2 rings (SSSR count). The number of aryl methyl sites for hydroxylation is 2. The molecule has 1 nitrogen and oxygen atoms in total. The van der Waals surface area contributed by atoms with Crippen LogP contribution in [0.5, 0.6) is 0 Å². The highest BCUT2D eigenvalue weighted by molar-refractivity contribution is 7.83. The second kappa shape index (κ2) is 6.78. The summed E-state index contributed by atoms with van der Waals surface area (Å²) >= 11 is 0. The SMILES string of the molecule is Cc1cc(C(C)(C)C)cc(C)c1C[S@](=O)Cc1ccccc1. The Morgan fingerprint density at radius 2 is 1.45 bits per heavy atom. The summed E-state index contributed by atoms with van der Waals surface area (Å²) in [6, 6.07) is 14.6. The zero-order valence-corrected chi connectivity index (χ0v) is 15.1. The fraction of sp³-hybridized carbons (Fsp3) is 0.400. The monoisotopic (exact) mass is 314 g/mol. The summed E-state index contributed by atoms with van der Waals surface area (Å²) in [7, 11) is -0.870. The van der Waals surface area contributed by atoms with E-state index in [-0.39, 0.29) is 5.41 Å². The second-order valence-corrected chi connectivity index (χ2v) is 8.51. The van der Waals surface area contributed by atoms with E-state index in [0.717, 1.165) is 5.56 Å². The minimum atomic E-state index is -0.870. The molecule has 2 aromatic rings. The number of benzene rings is 2. The van der Waals surface area contributed by atoms with Gasteiger partial charge in [-0.1, -0.05) is 63.2 Å². The number of hydrogen-bond acceptors (Lipinski definition) is 1. The molecule has 0 bridgehead atoms. The predicted molar refractivity (Wildman–Crippen MR) is 96.6 cm³/mol. The van der Waals surface area contributed by atoms with E-state index in [1.165, 1.54) is 22.3 Å². The fourth-order valence-electron chi connectivity index (χ4n) is 2.63. The highest BCUT2D eigenvalue weighted by Crippen LogP contribution is 2.27. The van der Waals surface area contributed by atoms with Crippen LogP contribution in [-0.4, -0.2) is 4.21 Å². The van der Waals surface area contributed by atoms with Crippen molar-refractivity contribution in [2.24, 2.45) is 0 Å². The summed E-state index contributed by atoms with van der Waals surface area (Å²) in [5.74, 6) is 1.26. The van der Waals surface area contributed by atoms with Gasteiger partial charge in [0.15, 0.2) is 0 Å². The second-order valence-electron chi connectivity index (χ2n) is 7.05. The number of hydrogen-bond donors (Lipinski definition) is 0. The van der Waals surface area contributed by atoms with E-state index in [1.807, 2.05) is 30.3 Å². The molecule has 0 radical (unpaired) electrons. The summed E-state index contributed by atoms with van der Waals surface area (Å²) in [5, 5.41) is 0. The van der Waals surface area contributed by atoms with Crippen molar-refractivity contribution in [2.45, 2.75) is 51.5 Å². The lowest BCUT2D eigenvalue weighted by molar-refractivity contribution is 0.589. The van der Waals surface area contributed by atoms with Crippen LogP contribution in [0.2, 0.25) is 0 Å². The summed E-state index contributed by atoms with van der Waals surface area (Å²) < 4.78 is 12.5. The lowest BCUT2D eigenvalue weighted by Gasteiger charge is -2.22. The van der Waals surface area contributed by atoms with Crippen molar-refractivity contribution in [1.82, 2.24) is 0 Å². The molecule has 0 saturated carbocycles. The molecule has 0 amide bonds. The van der Waals surface area contributed by atoms with E-state index in [9.17, 15) is 4.21 Å². The normalized spacial score (nSPS) is 13.1. The Bertz CT molecular complexity index is 643. The Labute approximate surface area is 137 Å². The summed E-state index contributed by atoms with van der Waals surface area (Å²) in [5.41, 5.74) is 6.39. The average molecular weight is 314 g/mol. The minimum absolute atomic E-state index is 0.150. The molecule has 0 aliphatic heterocycles. The lowest BCUT2D eigenvalue weighted by Crippen LogP contribution is -2.13. The number of rotatable bonds is 4. The molecule has 0 saturated heterocycles. The maximum atomic E-state index is 12.5. The van der Waals surface area contributed by atoms with Gasteiger partial charge in [0, 0.05) is 22.3 Å². The highest BCUT2D eigenvalue weighted by atomic mass is 32.2. The highest BCUT2D eigenvalue weighted by Gasteiger charge is 2.17. The van der Waals surface area contributed by atoms with Crippen molar-refractivity contribution < 1.29 is 4.21 Å². The van der Waals surface area contributed by atoms with Gasteiger partial charge in [0.05, 0.1) is 0 Å². The first-order chi connectivity index (χ1) is 10.3. The Kier molecular flexibility index (Phi) is 5.23.